The van der Waals surface area contributed by atoms with Gasteiger partial charge in [0.05, 0.1) is 11.9 Å². The zero-order valence-corrected chi connectivity index (χ0v) is 13.0. The number of rotatable bonds is 2. The predicted octanol–water partition coefficient (Wildman–Crippen LogP) is 2.65. The molecule has 2 rings (SSSR count). The molecule has 0 atom stereocenters. The van der Waals surface area contributed by atoms with Crippen LogP contribution in [-0.2, 0) is 11.3 Å². The Morgan fingerprint density at radius 3 is 2.64 bits per heavy atom. The molecule has 0 aliphatic carbocycles. The van der Waals surface area contributed by atoms with Crippen LogP contribution in [0.15, 0.2) is 39.6 Å². The average Bonchev–Trinajstić information content (AvgIpc) is 2.54. The number of hydrogen-bond acceptors (Lipinski definition) is 5. The maximum absolute atomic E-state index is 12.4. The molecular formula is C17H12F3NO4. The fourth-order valence-corrected chi connectivity index (χ4v) is 1.87. The lowest BCUT2D eigenvalue weighted by molar-refractivity contribution is -0.189. The molecule has 1 heterocycles. The molecule has 0 aliphatic rings. The Labute approximate surface area is 139 Å². The molecule has 1 aromatic heterocycles. The second-order valence-corrected chi connectivity index (χ2v) is 5.02. The third kappa shape index (κ3) is 4.08. The van der Waals surface area contributed by atoms with Crippen LogP contribution in [0.5, 0.6) is 5.75 Å². The van der Waals surface area contributed by atoms with Crippen LogP contribution in [0.3, 0.4) is 0 Å². The van der Waals surface area contributed by atoms with Crippen molar-refractivity contribution in [3.63, 3.8) is 0 Å². The van der Waals surface area contributed by atoms with Crippen molar-refractivity contribution in [2.75, 3.05) is 0 Å². The molecule has 0 aliphatic heterocycles. The van der Waals surface area contributed by atoms with Gasteiger partial charge in [-0.2, -0.15) is 13.2 Å². The summed E-state index contributed by atoms with van der Waals surface area (Å²) >= 11 is 0. The van der Waals surface area contributed by atoms with Crippen LogP contribution >= 0.6 is 0 Å². The Morgan fingerprint density at radius 2 is 2.08 bits per heavy atom. The second-order valence-electron chi connectivity index (χ2n) is 5.02. The van der Waals surface area contributed by atoms with Gasteiger partial charge in [0.25, 0.3) is 0 Å². The summed E-state index contributed by atoms with van der Waals surface area (Å²) in [5, 5.41) is -0.0873. The molecule has 0 fully saturated rings. The van der Waals surface area contributed by atoms with E-state index < -0.39 is 29.9 Å². The summed E-state index contributed by atoms with van der Waals surface area (Å²) in [5.41, 5.74) is 5.51. The molecule has 0 unspecified atom stereocenters. The molecule has 0 bridgehead atoms. The Balaban J connectivity index is 2.63. The van der Waals surface area contributed by atoms with Crippen molar-refractivity contribution in [3.8, 4) is 17.6 Å². The summed E-state index contributed by atoms with van der Waals surface area (Å²) in [6.07, 6.45) is -5.26. The van der Waals surface area contributed by atoms with Gasteiger partial charge in [-0.05, 0) is 30.7 Å². The molecule has 0 saturated heterocycles. The number of ether oxygens (including phenoxy) is 1. The van der Waals surface area contributed by atoms with Crippen molar-refractivity contribution in [2.45, 2.75) is 19.6 Å². The highest BCUT2D eigenvalue weighted by Gasteiger charge is 2.42. The molecule has 1 aromatic carbocycles. The van der Waals surface area contributed by atoms with Crippen LogP contribution in [0.1, 0.15) is 18.2 Å². The first-order valence-corrected chi connectivity index (χ1v) is 6.90. The van der Waals surface area contributed by atoms with Crippen molar-refractivity contribution in [3.05, 3.63) is 51.9 Å². The first-order chi connectivity index (χ1) is 11.6. The summed E-state index contributed by atoms with van der Waals surface area (Å²) in [7, 11) is 0. The summed E-state index contributed by atoms with van der Waals surface area (Å²) in [6, 6.07) is 4.30. The smallest absolute Gasteiger partial charge is 0.456 e. The van der Waals surface area contributed by atoms with Crippen LogP contribution in [0.2, 0.25) is 0 Å². The van der Waals surface area contributed by atoms with Gasteiger partial charge in [-0.1, -0.05) is 18.4 Å². The first kappa shape index (κ1) is 18.3. The maximum Gasteiger partial charge on any atom is 0.491 e. The van der Waals surface area contributed by atoms with E-state index in [2.05, 4.69) is 23.2 Å². The molecule has 2 N–H and O–H groups in total. The van der Waals surface area contributed by atoms with Crippen molar-refractivity contribution < 1.29 is 27.1 Å². The minimum absolute atomic E-state index is 0.0816. The highest BCUT2D eigenvalue weighted by atomic mass is 19.4. The summed E-state index contributed by atoms with van der Waals surface area (Å²) in [5.74, 6) is 1.65. The Morgan fingerprint density at radius 1 is 1.40 bits per heavy atom. The molecule has 25 heavy (non-hydrogen) atoms. The number of carbonyl (C=O) groups excluding carboxylic acids is 1. The molecule has 8 heteroatoms. The number of allylic oxidation sites excluding steroid dienone is 1. The monoisotopic (exact) mass is 351 g/mol. The topological polar surface area (TPSA) is 82.5 Å². The third-order valence-corrected chi connectivity index (χ3v) is 2.95. The molecule has 0 spiro atoms. The molecule has 0 radical (unpaired) electrons. The van der Waals surface area contributed by atoms with Gasteiger partial charge in [0.2, 0.25) is 11.2 Å². The number of alkyl halides is 3. The van der Waals surface area contributed by atoms with Crippen molar-refractivity contribution in [1.29, 1.82) is 0 Å². The maximum atomic E-state index is 12.4. The quantitative estimate of drug-likeness (QED) is 0.664. The molecule has 5 nitrogen and oxygen atoms in total. The largest absolute Gasteiger partial charge is 0.491 e. The fourth-order valence-electron chi connectivity index (χ4n) is 1.87. The molecule has 130 valence electrons. The number of halogens is 3. The van der Waals surface area contributed by atoms with Gasteiger partial charge in [-0.15, -0.1) is 0 Å². The number of fused-ring (bicyclic) bond motifs is 1. The third-order valence-electron chi connectivity index (χ3n) is 2.95. The average molecular weight is 351 g/mol. The van der Waals surface area contributed by atoms with E-state index in [9.17, 15) is 22.8 Å². The van der Waals surface area contributed by atoms with E-state index in [1.54, 1.807) is 13.0 Å². The normalized spacial score (nSPS) is 10.9. The van der Waals surface area contributed by atoms with Crippen molar-refractivity contribution in [1.82, 2.24) is 0 Å². The predicted molar refractivity (Wildman–Crippen MR) is 83.8 cm³/mol. The van der Waals surface area contributed by atoms with Crippen LogP contribution in [0.4, 0.5) is 13.2 Å². The van der Waals surface area contributed by atoms with Gasteiger partial charge < -0.3 is 14.9 Å². The summed E-state index contributed by atoms with van der Waals surface area (Å²) in [4.78, 5) is 23.5. The van der Waals surface area contributed by atoms with Crippen LogP contribution in [0.25, 0.3) is 11.0 Å². The van der Waals surface area contributed by atoms with Crippen LogP contribution in [0, 0.1) is 11.8 Å². The number of benzene rings is 1. The van der Waals surface area contributed by atoms with Gasteiger partial charge in [0, 0.05) is 5.56 Å². The molecule has 2 aromatic rings. The molecular weight excluding hydrogens is 339 g/mol. The van der Waals surface area contributed by atoms with E-state index in [0.717, 1.165) is 0 Å². The fraction of sp³-hybridized carbons (Fsp3) is 0.176. The summed E-state index contributed by atoms with van der Waals surface area (Å²) in [6.45, 7) is 4.87. The number of esters is 1. The van der Waals surface area contributed by atoms with E-state index in [-0.39, 0.29) is 16.7 Å². The SMILES string of the molecule is C=C(C)C#Cc1ccc2oc(CN)c(OC(=O)C(F)(F)F)c(=O)c2c1. The Kier molecular flexibility index (Phi) is 4.99. The van der Waals surface area contributed by atoms with Crippen molar-refractivity contribution in [2.24, 2.45) is 5.73 Å². The summed E-state index contributed by atoms with van der Waals surface area (Å²) < 4.78 is 46.6. The van der Waals surface area contributed by atoms with Gasteiger partial charge in [0.1, 0.15) is 5.58 Å². The van der Waals surface area contributed by atoms with E-state index in [0.29, 0.717) is 11.1 Å². The van der Waals surface area contributed by atoms with Crippen LogP contribution < -0.4 is 15.9 Å². The van der Waals surface area contributed by atoms with Crippen molar-refractivity contribution >= 4 is 16.9 Å². The van der Waals surface area contributed by atoms with E-state index in [1.165, 1.54) is 12.1 Å². The minimum atomic E-state index is -5.26. The zero-order chi connectivity index (χ0) is 18.8. The Hall–Kier alpha value is -3.05. The lowest BCUT2D eigenvalue weighted by atomic mass is 10.1. The molecule has 0 saturated carbocycles. The van der Waals surface area contributed by atoms with Gasteiger partial charge in [-0.3, -0.25) is 4.79 Å². The standard InChI is InChI=1S/C17H12F3NO4/c1-9(2)3-4-10-5-6-12-11(7-10)14(22)15(13(8-21)24-12)25-16(23)17(18,19)20/h5-7H,1,8,21H2,2H3. The minimum Gasteiger partial charge on any atom is -0.456 e. The van der Waals surface area contributed by atoms with E-state index in [4.69, 9.17) is 10.2 Å². The van der Waals surface area contributed by atoms with Gasteiger partial charge >= 0.3 is 12.1 Å². The lowest BCUT2D eigenvalue weighted by Gasteiger charge is -2.10. The van der Waals surface area contributed by atoms with E-state index in [1.807, 2.05) is 0 Å². The van der Waals surface area contributed by atoms with E-state index >= 15 is 0 Å². The lowest BCUT2D eigenvalue weighted by Crippen LogP contribution is -2.30. The van der Waals surface area contributed by atoms with Crippen LogP contribution in [-0.4, -0.2) is 12.1 Å². The zero-order valence-electron chi connectivity index (χ0n) is 13.0. The number of nitrogens with two attached hydrogens (primary N) is 1. The van der Waals surface area contributed by atoms with Gasteiger partial charge in [-0.25, -0.2) is 4.79 Å². The second kappa shape index (κ2) is 6.83. The highest BCUT2D eigenvalue weighted by molar-refractivity contribution is 5.82. The first-order valence-electron chi connectivity index (χ1n) is 6.90. The highest BCUT2D eigenvalue weighted by Crippen LogP contribution is 2.24. The number of carbonyl (C=O) groups is 1. The van der Waals surface area contributed by atoms with Gasteiger partial charge in [0.15, 0.2) is 5.76 Å². The number of hydrogen-bond donors (Lipinski definition) is 1. The molecule has 0 amide bonds. The Bertz CT molecular complexity index is 978.